The van der Waals surface area contributed by atoms with Gasteiger partial charge in [-0.25, -0.2) is 9.78 Å². The highest BCUT2D eigenvalue weighted by Crippen LogP contribution is 2.25. The highest BCUT2D eigenvalue weighted by Gasteiger charge is 2.05. The number of nitrogens with zero attached hydrogens (tertiary/aromatic N) is 1. The molecule has 0 atom stereocenters. The van der Waals surface area contributed by atoms with Gasteiger partial charge >= 0.3 is 5.69 Å². The number of aromatic nitrogens is 2. The molecule has 3 N–H and O–H groups in total. The lowest BCUT2D eigenvalue weighted by atomic mass is 10.0. The maximum atomic E-state index is 11.0. The molecule has 4 heteroatoms. The molecule has 15 heavy (non-hydrogen) atoms. The molecule has 2 rings (SSSR count). The Hall–Kier alpha value is -2.10. The molecule has 1 aromatic carbocycles. The number of anilines is 1. The topological polar surface area (TPSA) is 71.8 Å². The van der Waals surface area contributed by atoms with Gasteiger partial charge in [-0.15, -0.1) is 0 Å². The number of H-pyrrole nitrogens is 1. The number of aromatic amines is 1. The number of nitrogen functional groups attached to an aromatic ring is 1. The Morgan fingerprint density at radius 1 is 1.27 bits per heavy atom. The number of nitrogens with one attached hydrogen (secondary N) is 1. The van der Waals surface area contributed by atoms with Gasteiger partial charge in [-0.3, -0.25) is 0 Å². The van der Waals surface area contributed by atoms with Gasteiger partial charge in [-0.1, -0.05) is 18.2 Å². The Balaban J connectivity index is 2.65. The minimum Gasteiger partial charge on any atom is -0.398 e. The number of hydrogen-bond donors (Lipinski definition) is 2. The maximum Gasteiger partial charge on any atom is 0.345 e. The molecule has 0 fully saturated rings. The number of rotatable bonds is 1. The fourth-order valence-electron chi connectivity index (χ4n) is 1.49. The van der Waals surface area contributed by atoms with Crippen molar-refractivity contribution in [2.75, 3.05) is 5.73 Å². The summed E-state index contributed by atoms with van der Waals surface area (Å²) < 4.78 is 0. The van der Waals surface area contributed by atoms with E-state index in [0.29, 0.717) is 5.69 Å². The van der Waals surface area contributed by atoms with Crippen LogP contribution in [0.1, 0.15) is 5.69 Å². The molecule has 1 aromatic heterocycles. The first kappa shape index (κ1) is 9.45. The van der Waals surface area contributed by atoms with E-state index in [2.05, 4.69) is 9.97 Å². The second kappa shape index (κ2) is 3.57. The Bertz CT molecular complexity index is 546. The molecule has 4 nitrogen and oxygen atoms in total. The highest BCUT2D eigenvalue weighted by atomic mass is 16.1. The van der Waals surface area contributed by atoms with Crippen molar-refractivity contribution in [1.29, 1.82) is 0 Å². The summed E-state index contributed by atoms with van der Waals surface area (Å²) in [5.74, 6) is 0. The normalized spacial score (nSPS) is 10.2. The van der Waals surface area contributed by atoms with Crippen LogP contribution in [0.15, 0.2) is 35.3 Å². The molecule has 0 aliphatic carbocycles. The standard InChI is InChI=1S/C11H11N3O/c1-7-9(6-13-11(15)14-7)8-4-2-3-5-10(8)12/h2-6H,12H2,1H3,(H,13,14,15). The van der Waals surface area contributed by atoms with E-state index >= 15 is 0 Å². The van der Waals surface area contributed by atoms with E-state index < -0.39 is 0 Å². The molecule has 0 aliphatic heterocycles. The molecule has 0 unspecified atom stereocenters. The van der Waals surface area contributed by atoms with Crippen LogP contribution < -0.4 is 11.4 Å². The molecule has 76 valence electrons. The van der Waals surface area contributed by atoms with Crippen molar-refractivity contribution in [3.8, 4) is 11.1 Å². The average molecular weight is 201 g/mol. The fraction of sp³-hybridized carbons (Fsp3) is 0.0909. The second-order valence-corrected chi connectivity index (χ2v) is 3.31. The van der Waals surface area contributed by atoms with Crippen molar-refractivity contribution in [1.82, 2.24) is 9.97 Å². The largest absolute Gasteiger partial charge is 0.398 e. The quantitative estimate of drug-likeness (QED) is 0.683. The van der Waals surface area contributed by atoms with Crippen molar-refractivity contribution in [2.45, 2.75) is 6.92 Å². The smallest absolute Gasteiger partial charge is 0.345 e. The van der Waals surface area contributed by atoms with Crippen molar-refractivity contribution in [2.24, 2.45) is 0 Å². The summed E-state index contributed by atoms with van der Waals surface area (Å²) in [5, 5.41) is 0. The van der Waals surface area contributed by atoms with Gasteiger partial charge in [-0.05, 0) is 13.0 Å². The minimum absolute atomic E-state index is 0.342. The predicted octanol–water partition coefficient (Wildman–Crippen LogP) is 1.33. The third-order valence-corrected chi connectivity index (χ3v) is 2.26. The van der Waals surface area contributed by atoms with Crippen LogP contribution in [0, 0.1) is 6.92 Å². The molecule has 0 amide bonds. The van der Waals surface area contributed by atoms with Crippen LogP contribution in [-0.4, -0.2) is 9.97 Å². The molecule has 0 radical (unpaired) electrons. The van der Waals surface area contributed by atoms with Crippen molar-refractivity contribution in [3.63, 3.8) is 0 Å². The van der Waals surface area contributed by atoms with Gasteiger partial charge in [0, 0.05) is 28.7 Å². The van der Waals surface area contributed by atoms with Gasteiger partial charge in [0.25, 0.3) is 0 Å². The fourth-order valence-corrected chi connectivity index (χ4v) is 1.49. The third kappa shape index (κ3) is 1.74. The molecule has 2 aromatic rings. The van der Waals surface area contributed by atoms with E-state index in [0.717, 1.165) is 16.8 Å². The van der Waals surface area contributed by atoms with Crippen LogP contribution in [0.25, 0.3) is 11.1 Å². The average Bonchev–Trinajstić information content (AvgIpc) is 2.20. The SMILES string of the molecule is Cc1[nH]c(=O)ncc1-c1ccccc1N. The van der Waals surface area contributed by atoms with Crippen LogP contribution in [0.3, 0.4) is 0 Å². The molecule has 1 heterocycles. The Morgan fingerprint density at radius 2 is 2.00 bits per heavy atom. The van der Waals surface area contributed by atoms with Crippen molar-refractivity contribution < 1.29 is 0 Å². The molecular formula is C11H11N3O. The number of hydrogen-bond acceptors (Lipinski definition) is 3. The van der Waals surface area contributed by atoms with Gasteiger partial charge < -0.3 is 10.7 Å². The number of benzene rings is 1. The summed E-state index contributed by atoms with van der Waals surface area (Å²) in [6.07, 6.45) is 1.54. The number of nitrogens with two attached hydrogens (primary N) is 1. The minimum atomic E-state index is -0.342. The summed E-state index contributed by atoms with van der Waals surface area (Å²) in [6.45, 7) is 1.82. The first-order valence-corrected chi connectivity index (χ1v) is 4.59. The van der Waals surface area contributed by atoms with E-state index in [4.69, 9.17) is 5.73 Å². The maximum absolute atomic E-state index is 11.0. The summed E-state index contributed by atoms with van der Waals surface area (Å²) in [7, 11) is 0. The van der Waals surface area contributed by atoms with E-state index in [1.165, 1.54) is 0 Å². The van der Waals surface area contributed by atoms with E-state index in [1.54, 1.807) is 6.20 Å². The summed E-state index contributed by atoms with van der Waals surface area (Å²) in [4.78, 5) is 17.3. The molecule has 0 bridgehead atoms. The Labute approximate surface area is 86.8 Å². The lowest BCUT2D eigenvalue weighted by molar-refractivity contribution is 1.03. The summed E-state index contributed by atoms with van der Waals surface area (Å²) in [6, 6.07) is 7.49. The molecule has 0 saturated carbocycles. The lowest BCUT2D eigenvalue weighted by Gasteiger charge is -2.07. The first-order valence-electron chi connectivity index (χ1n) is 4.59. The van der Waals surface area contributed by atoms with E-state index in [-0.39, 0.29) is 5.69 Å². The lowest BCUT2D eigenvalue weighted by Crippen LogP contribution is -2.11. The zero-order valence-electron chi connectivity index (χ0n) is 8.32. The van der Waals surface area contributed by atoms with Crippen LogP contribution in [-0.2, 0) is 0 Å². The van der Waals surface area contributed by atoms with Crippen molar-refractivity contribution >= 4 is 5.69 Å². The zero-order chi connectivity index (χ0) is 10.8. The molecule has 0 aliphatic rings. The van der Waals surface area contributed by atoms with Crippen LogP contribution >= 0.6 is 0 Å². The first-order chi connectivity index (χ1) is 7.18. The van der Waals surface area contributed by atoms with Gasteiger partial charge in [0.1, 0.15) is 0 Å². The third-order valence-electron chi connectivity index (χ3n) is 2.26. The van der Waals surface area contributed by atoms with Crippen LogP contribution in [0.2, 0.25) is 0 Å². The summed E-state index contributed by atoms with van der Waals surface area (Å²) >= 11 is 0. The highest BCUT2D eigenvalue weighted by molar-refractivity contribution is 5.76. The van der Waals surface area contributed by atoms with Gasteiger partial charge in [0.15, 0.2) is 0 Å². The van der Waals surface area contributed by atoms with E-state index in [9.17, 15) is 4.79 Å². The Morgan fingerprint density at radius 3 is 2.67 bits per heavy atom. The van der Waals surface area contributed by atoms with Gasteiger partial charge in [0.2, 0.25) is 0 Å². The predicted molar refractivity (Wildman–Crippen MR) is 59.4 cm³/mol. The summed E-state index contributed by atoms with van der Waals surface area (Å²) in [5.41, 5.74) is 8.69. The molecular weight excluding hydrogens is 190 g/mol. The monoisotopic (exact) mass is 201 g/mol. The molecule has 0 spiro atoms. The number of para-hydroxylation sites is 1. The second-order valence-electron chi connectivity index (χ2n) is 3.31. The Kier molecular flexibility index (Phi) is 2.25. The van der Waals surface area contributed by atoms with Gasteiger partial charge in [0.05, 0.1) is 0 Å². The van der Waals surface area contributed by atoms with E-state index in [1.807, 2.05) is 31.2 Å². The van der Waals surface area contributed by atoms with Crippen LogP contribution in [0.4, 0.5) is 5.69 Å². The molecule has 0 saturated heterocycles. The van der Waals surface area contributed by atoms with Gasteiger partial charge in [-0.2, -0.15) is 0 Å². The van der Waals surface area contributed by atoms with Crippen LogP contribution in [0.5, 0.6) is 0 Å². The number of aryl methyl sites for hydroxylation is 1. The van der Waals surface area contributed by atoms with Crippen molar-refractivity contribution in [3.05, 3.63) is 46.6 Å². The zero-order valence-corrected chi connectivity index (χ0v) is 8.32.